The van der Waals surface area contributed by atoms with E-state index in [2.05, 4.69) is 34.6 Å². The minimum absolute atomic E-state index is 0.0692. The molecule has 2 spiro atoms. The normalized spacial score (nSPS) is 56.5. The average molecular weight is 973 g/mol. The van der Waals surface area contributed by atoms with Crippen LogP contribution in [0.25, 0.3) is 0 Å². The van der Waals surface area contributed by atoms with Crippen LogP contribution in [0.15, 0.2) is 0 Å². The predicted octanol–water partition coefficient (Wildman–Crippen LogP) is 0.147. The zero-order valence-corrected chi connectivity index (χ0v) is 41.0. The van der Waals surface area contributed by atoms with Crippen molar-refractivity contribution in [1.29, 1.82) is 0 Å². The lowest BCUT2D eigenvalue weighted by Gasteiger charge is -2.64. The molecule has 390 valence electrons. The molecule has 0 aromatic rings. The summed E-state index contributed by atoms with van der Waals surface area (Å²) in [4.78, 5) is 12.0. The smallest absolute Gasteiger partial charge is 0.303 e. The van der Waals surface area contributed by atoms with Gasteiger partial charge in [-0.05, 0) is 124 Å². The van der Waals surface area contributed by atoms with Gasteiger partial charge in [0.25, 0.3) is 0 Å². The molecule has 4 aliphatic heterocycles. The monoisotopic (exact) mass is 973 g/mol. The van der Waals surface area contributed by atoms with Gasteiger partial charge in [-0.25, -0.2) is 0 Å². The topological polar surface area (TPSA) is 293 Å². The van der Waals surface area contributed by atoms with E-state index in [1.54, 1.807) is 0 Å². The van der Waals surface area contributed by atoms with Crippen molar-refractivity contribution in [2.75, 3.05) is 13.2 Å². The van der Waals surface area contributed by atoms with E-state index in [9.17, 15) is 55.9 Å². The molecule has 9 fully saturated rings. The molecule has 68 heavy (non-hydrogen) atoms. The Morgan fingerprint density at radius 3 is 2.06 bits per heavy atom. The molecule has 4 heterocycles. The van der Waals surface area contributed by atoms with E-state index >= 15 is 0 Å². The maximum atomic E-state index is 12.6. The van der Waals surface area contributed by atoms with Gasteiger partial charge in [0.1, 0.15) is 54.9 Å². The highest BCUT2D eigenvalue weighted by molar-refractivity contribution is 5.66. The Hall–Kier alpha value is -1.21. The predicted molar refractivity (Wildman–Crippen MR) is 235 cm³/mol. The van der Waals surface area contributed by atoms with Gasteiger partial charge in [0.15, 0.2) is 25.0 Å². The quantitative estimate of drug-likeness (QED) is 0.103. The van der Waals surface area contributed by atoms with Crippen LogP contribution in [0.3, 0.4) is 0 Å². The Kier molecular flexibility index (Phi) is 13.3. The molecule has 0 aromatic heterocycles. The van der Waals surface area contributed by atoms with Crippen LogP contribution in [0, 0.1) is 44.8 Å². The van der Waals surface area contributed by atoms with Crippen LogP contribution in [0.2, 0.25) is 0 Å². The fourth-order valence-corrected chi connectivity index (χ4v) is 16.7. The molecular formula is C49H80O19. The fraction of sp³-hybridized carbons (Fsp3) is 0.980. The highest BCUT2D eigenvalue weighted by Gasteiger charge is 2.85. The lowest BCUT2D eigenvalue weighted by molar-refractivity contribution is -0.364. The molecule has 4 saturated heterocycles. The van der Waals surface area contributed by atoms with Crippen molar-refractivity contribution >= 4 is 5.97 Å². The Labute approximate surface area is 398 Å². The van der Waals surface area contributed by atoms with Crippen LogP contribution in [0.5, 0.6) is 0 Å². The lowest BCUT2D eigenvalue weighted by atomic mass is 9.41. The van der Waals surface area contributed by atoms with Crippen molar-refractivity contribution in [3.05, 3.63) is 0 Å². The molecule has 10 N–H and O–H groups in total. The van der Waals surface area contributed by atoms with Gasteiger partial charge in [0.2, 0.25) is 0 Å². The molecule has 19 heteroatoms. The number of carbonyl (C=O) groups excluding carboxylic acids is 1. The van der Waals surface area contributed by atoms with Crippen LogP contribution in [0.4, 0.5) is 0 Å². The van der Waals surface area contributed by atoms with Crippen molar-refractivity contribution in [1.82, 2.24) is 0 Å². The molecule has 0 aromatic carbocycles. The van der Waals surface area contributed by atoms with Crippen molar-refractivity contribution in [3.63, 3.8) is 0 Å². The Balaban J connectivity index is 0.914. The van der Waals surface area contributed by atoms with E-state index in [4.69, 9.17) is 37.9 Å². The number of ether oxygens (including phenoxy) is 8. The van der Waals surface area contributed by atoms with Crippen LogP contribution < -0.4 is 0 Å². The molecule has 9 aliphatic rings. The van der Waals surface area contributed by atoms with E-state index < -0.39 is 140 Å². The SMILES string of the molecule is CC(=O)OC1COC(OC2CCC34CC35CCC3(C)C(C6(C)CCC(C(C)(C)OC7OC(CO)C(O)C(O)C7O)O6)C(O)CC3(C)C5CC(O)C4C2(C)C)C(OC2OC(C)C(O)C(O)C2O)C1O. The summed E-state index contributed by atoms with van der Waals surface area (Å²) >= 11 is 0. The third-order valence-electron chi connectivity index (χ3n) is 20.1. The molecule has 5 aliphatic carbocycles. The first-order valence-electron chi connectivity index (χ1n) is 25.1. The number of fused-ring (bicyclic) bond motifs is 2. The van der Waals surface area contributed by atoms with Crippen molar-refractivity contribution in [2.45, 2.75) is 242 Å². The first kappa shape index (κ1) is 51.7. The number of aliphatic hydroxyl groups is 10. The number of rotatable bonds is 10. The molecule has 9 rings (SSSR count). The summed E-state index contributed by atoms with van der Waals surface area (Å²) in [5.41, 5.74) is -3.36. The number of hydrogen-bond donors (Lipinski definition) is 10. The minimum Gasteiger partial charge on any atom is -0.457 e. The van der Waals surface area contributed by atoms with Gasteiger partial charge < -0.3 is 89.0 Å². The first-order valence-corrected chi connectivity index (χ1v) is 25.1. The number of hydrogen-bond acceptors (Lipinski definition) is 19. The fourth-order valence-electron chi connectivity index (χ4n) is 16.7. The molecule has 26 atom stereocenters. The standard InChI is InChI=1S/C49H80O19/c1-21-30(54)33(57)35(59)40(62-21)66-37-32(56)26(63-22(2)51)19-61-42(37)65-28-11-13-49-20-48(49)15-14-45(7)39(24(53)17-46(45,8)27(48)16-23(52)38(49)43(28,3)4)47(9)12-10-29(67-47)44(5,6)68-41-36(60)34(58)31(55)25(18-50)64-41/h21,23-42,50,52-60H,10-20H2,1-9H3. The van der Waals surface area contributed by atoms with Crippen molar-refractivity contribution in [2.24, 2.45) is 44.8 Å². The van der Waals surface area contributed by atoms with Crippen LogP contribution in [-0.2, 0) is 42.7 Å². The first-order chi connectivity index (χ1) is 31.6. The largest absolute Gasteiger partial charge is 0.457 e. The molecule has 0 amide bonds. The van der Waals surface area contributed by atoms with E-state index in [-0.39, 0.29) is 46.0 Å². The zero-order chi connectivity index (χ0) is 49.6. The van der Waals surface area contributed by atoms with Crippen molar-refractivity contribution < 1.29 is 93.8 Å². The third kappa shape index (κ3) is 7.64. The lowest BCUT2D eigenvalue weighted by Crippen LogP contribution is -2.64. The second-order valence-electron chi connectivity index (χ2n) is 24.4. The molecule has 26 unspecified atom stereocenters. The Morgan fingerprint density at radius 2 is 1.38 bits per heavy atom. The van der Waals surface area contributed by atoms with Gasteiger partial charge in [0, 0.05) is 12.8 Å². The molecular weight excluding hydrogens is 893 g/mol. The van der Waals surface area contributed by atoms with Gasteiger partial charge in [0.05, 0.1) is 54.9 Å². The van der Waals surface area contributed by atoms with E-state index in [0.717, 1.165) is 25.7 Å². The van der Waals surface area contributed by atoms with E-state index in [1.165, 1.54) is 13.8 Å². The zero-order valence-electron chi connectivity index (χ0n) is 41.0. The third-order valence-corrected chi connectivity index (χ3v) is 20.1. The molecule has 0 bridgehead atoms. The van der Waals surface area contributed by atoms with Gasteiger partial charge >= 0.3 is 5.97 Å². The summed E-state index contributed by atoms with van der Waals surface area (Å²) in [6.45, 7) is 16.6. The second kappa shape index (κ2) is 17.5. The molecule has 5 saturated carbocycles. The van der Waals surface area contributed by atoms with Gasteiger partial charge in [-0.3, -0.25) is 4.79 Å². The highest BCUT2D eigenvalue weighted by Crippen LogP contribution is 2.89. The van der Waals surface area contributed by atoms with Gasteiger partial charge in [-0.2, -0.15) is 0 Å². The number of esters is 1. The highest BCUT2D eigenvalue weighted by atomic mass is 16.8. The Morgan fingerprint density at radius 1 is 0.706 bits per heavy atom. The summed E-state index contributed by atoms with van der Waals surface area (Å²) in [7, 11) is 0. The van der Waals surface area contributed by atoms with Crippen LogP contribution in [0.1, 0.15) is 120 Å². The summed E-state index contributed by atoms with van der Waals surface area (Å²) < 4.78 is 49.2. The van der Waals surface area contributed by atoms with E-state index in [0.29, 0.717) is 32.1 Å². The summed E-state index contributed by atoms with van der Waals surface area (Å²) in [6.07, 6.45) is -15.2. The summed E-state index contributed by atoms with van der Waals surface area (Å²) in [5, 5.41) is 110. The van der Waals surface area contributed by atoms with Crippen LogP contribution >= 0.6 is 0 Å². The number of aliphatic hydroxyl groups excluding tert-OH is 10. The second-order valence-corrected chi connectivity index (χ2v) is 24.4. The number of carbonyl (C=O) groups is 1. The summed E-state index contributed by atoms with van der Waals surface area (Å²) in [5.74, 6) is -0.931. The van der Waals surface area contributed by atoms with Gasteiger partial charge in [-0.15, -0.1) is 0 Å². The van der Waals surface area contributed by atoms with Crippen molar-refractivity contribution in [3.8, 4) is 0 Å². The molecule has 0 radical (unpaired) electrons. The molecule has 19 nitrogen and oxygen atoms in total. The summed E-state index contributed by atoms with van der Waals surface area (Å²) in [6, 6.07) is 0. The average Bonchev–Trinajstić information content (AvgIpc) is 3.62. The maximum absolute atomic E-state index is 12.6. The van der Waals surface area contributed by atoms with Gasteiger partial charge in [-0.1, -0.05) is 27.7 Å². The van der Waals surface area contributed by atoms with Crippen LogP contribution in [-0.4, -0.2) is 192 Å². The van der Waals surface area contributed by atoms with E-state index in [1.807, 2.05) is 13.8 Å². The minimum atomic E-state index is -1.67. The Bertz CT molecular complexity index is 1870. The maximum Gasteiger partial charge on any atom is 0.303 e.